The molecule has 0 N–H and O–H groups in total. The predicted octanol–water partition coefficient (Wildman–Crippen LogP) is 2.96. The Morgan fingerprint density at radius 2 is 2.00 bits per heavy atom. The van der Waals surface area contributed by atoms with Crippen molar-refractivity contribution in [3.05, 3.63) is 40.1 Å². The molecule has 0 spiro atoms. The highest BCUT2D eigenvalue weighted by Crippen LogP contribution is 2.27. The summed E-state index contributed by atoms with van der Waals surface area (Å²) in [6.07, 6.45) is 1.64. The van der Waals surface area contributed by atoms with E-state index in [2.05, 4.69) is 36.4 Å². The summed E-state index contributed by atoms with van der Waals surface area (Å²) in [5.74, 6) is 0.472. The third-order valence-corrected chi connectivity index (χ3v) is 3.65. The van der Waals surface area contributed by atoms with Crippen LogP contribution in [-0.4, -0.2) is 30.0 Å². The Morgan fingerprint density at radius 3 is 2.65 bits per heavy atom. The molecule has 8 heteroatoms. The molecule has 6 nitrogen and oxygen atoms in total. The molecule has 0 radical (unpaired) electrons. The molecule has 3 rings (SSSR count). The average Bonchev–Trinajstić information content (AvgIpc) is 3.06. The minimum Gasteiger partial charge on any atom is -0.221 e. The first-order valence-electron chi connectivity index (χ1n) is 5.96. The van der Waals surface area contributed by atoms with Crippen LogP contribution in [0.1, 0.15) is 6.92 Å². The monoisotopic (exact) mass is 352 g/mol. The molecule has 0 aliphatic rings. The van der Waals surface area contributed by atoms with Gasteiger partial charge < -0.3 is 0 Å². The van der Waals surface area contributed by atoms with Crippen LogP contribution in [-0.2, 0) is 6.54 Å². The van der Waals surface area contributed by atoms with Gasteiger partial charge in [-0.15, -0.1) is 10.2 Å². The topological polar surface area (TPSA) is 61.4 Å². The number of benzene rings is 1. The molecule has 3 aromatic rings. The normalized spacial score (nSPS) is 10.9. The van der Waals surface area contributed by atoms with Crippen molar-refractivity contribution in [2.24, 2.45) is 0 Å². The molecule has 0 atom stereocenters. The number of aromatic nitrogens is 6. The lowest BCUT2D eigenvalue weighted by atomic mass is 10.3. The van der Waals surface area contributed by atoms with Gasteiger partial charge in [0.1, 0.15) is 5.15 Å². The maximum atomic E-state index is 6.36. The number of rotatable bonds is 3. The summed E-state index contributed by atoms with van der Waals surface area (Å²) in [6.45, 7) is 2.60. The summed E-state index contributed by atoms with van der Waals surface area (Å²) in [4.78, 5) is 1.50. The molecule has 20 heavy (non-hydrogen) atoms. The lowest BCUT2D eigenvalue weighted by Crippen LogP contribution is -1.98. The van der Waals surface area contributed by atoms with E-state index in [-0.39, 0.29) is 0 Å². The number of aryl methyl sites for hydroxylation is 1. The molecule has 0 amide bonds. The van der Waals surface area contributed by atoms with Gasteiger partial charge in [-0.05, 0) is 36.4 Å². The van der Waals surface area contributed by atoms with Gasteiger partial charge in [0.25, 0.3) is 0 Å². The van der Waals surface area contributed by atoms with Crippen molar-refractivity contribution in [1.82, 2.24) is 30.0 Å². The van der Waals surface area contributed by atoms with E-state index in [1.807, 2.05) is 31.2 Å². The van der Waals surface area contributed by atoms with Crippen molar-refractivity contribution >= 4 is 27.5 Å². The van der Waals surface area contributed by atoms with E-state index < -0.39 is 0 Å². The minimum absolute atomic E-state index is 0.461. The average molecular weight is 354 g/mol. The zero-order valence-electron chi connectivity index (χ0n) is 10.5. The molecule has 0 bridgehead atoms. The number of halogens is 2. The smallest absolute Gasteiger partial charge is 0.209 e. The second-order valence-corrected chi connectivity index (χ2v) is 5.31. The molecule has 0 aliphatic heterocycles. The first-order chi connectivity index (χ1) is 9.69. The van der Waals surface area contributed by atoms with Gasteiger partial charge in [0.2, 0.25) is 5.82 Å². The lowest BCUT2D eigenvalue weighted by Gasteiger charge is -2.03. The maximum Gasteiger partial charge on any atom is 0.209 e. The molecule has 0 fully saturated rings. The summed E-state index contributed by atoms with van der Waals surface area (Å²) in [5.41, 5.74) is 1.53. The van der Waals surface area contributed by atoms with Crippen LogP contribution in [0.15, 0.2) is 34.9 Å². The number of hydrogen-bond donors (Lipinski definition) is 0. The van der Waals surface area contributed by atoms with E-state index in [9.17, 15) is 0 Å². The Morgan fingerprint density at radius 1 is 1.25 bits per heavy atom. The van der Waals surface area contributed by atoms with E-state index in [1.54, 1.807) is 10.9 Å². The lowest BCUT2D eigenvalue weighted by molar-refractivity contribution is 0.553. The van der Waals surface area contributed by atoms with E-state index >= 15 is 0 Å². The van der Waals surface area contributed by atoms with E-state index in [4.69, 9.17) is 11.6 Å². The molecule has 0 saturated carbocycles. The van der Waals surface area contributed by atoms with Gasteiger partial charge >= 0.3 is 0 Å². The van der Waals surface area contributed by atoms with Crippen LogP contribution >= 0.6 is 27.5 Å². The number of nitrogens with zero attached hydrogens (tertiary/aromatic N) is 6. The maximum absolute atomic E-state index is 6.36. The van der Waals surface area contributed by atoms with Crippen LogP contribution in [0.25, 0.3) is 17.1 Å². The fourth-order valence-electron chi connectivity index (χ4n) is 1.73. The quantitative estimate of drug-likeness (QED) is 0.726. The predicted molar refractivity (Wildman–Crippen MR) is 78.8 cm³/mol. The van der Waals surface area contributed by atoms with Gasteiger partial charge in [-0.25, -0.2) is 4.68 Å². The highest BCUT2D eigenvalue weighted by molar-refractivity contribution is 9.10. The third-order valence-electron chi connectivity index (χ3n) is 2.76. The Hall–Kier alpha value is -1.73. The van der Waals surface area contributed by atoms with Crippen molar-refractivity contribution < 1.29 is 0 Å². The Bertz CT molecular complexity index is 733. The first kappa shape index (κ1) is 13.3. The van der Waals surface area contributed by atoms with E-state index in [0.29, 0.717) is 23.1 Å². The molecule has 1 aromatic carbocycles. The SMILES string of the molecule is CCn1nnc(-c2cnn(-c3ccc(Br)cc3)c2Cl)n1. The summed E-state index contributed by atoms with van der Waals surface area (Å²) in [5, 5.41) is 16.9. The van der Waals surface area contributed by atoms with Crippen molar-refractivity contribution in [1.29, 1.82) is 0 Å². The minimum atomic E-state index is 0.461. The first-order valence-corrected chi connectivity index (χ1v) is 7.13. The standard InChI is InChI=1S/C12H10BrClN6/c1-2-19-17-12(16-18-19)10-7-15-20(11(10)14)9-5-3-8(13)4-6-9/h3-7H,2H2,1H3. The Kier molecular flexibility index (Phi) is 3.54. The Balaban J connectivity index is 2.02. The van der Waals surface area contributed by atoms with Crippen molar-refractivity contribution in [2.75, 3.05) is 0 Å². The Labute approximate surface area is 128 Å². The van der Waals surface area contributed by atoms with Gasteiger partial charge in [-0.2, -0.15) is 9.90 Å². The zero-order chi connectivity index (χ0) is 14.1. The van der Waals surface area contributed by atoms with Crippen molar-refractivity contribution in [3.8, 4) is 17.1 Å². The fraction of sp³-hybridized carbons (Fsp3) is 0.167. The molecular weight excluding hydrogens is 344 g/mol. The van der Waals surface area contributed by atoms with Crippen LogP contribution in [0, 0.1) is 0 Å². The second-order valence-electron chi connectivity index (χ2n) is 4.04. The van der Waals surface area contributed by atoms with Gasteiger partial charge in [0.05, 0.1) is 24.0 Å². The third kappa shape index (κ3) is 2.34. The van der Waals surface area contributed by atoms with Crippen LogP contribution in [0.5, 0.6) is 0 Å². The number of tetrazole rings is 1. The molecule has 0 unspecified atom stereocenters. The highest BCUT2D eigenvalue weighted by Gasteiger charge is 2.16. The van der Waals surface area contributed by atoms with Gasteiger partial charge in [0, 0.05) is 4.47 Å². The van der Waals surface area contributed by atoms with Crippen molar-refractivity contribution in [2.45, 2.75) is 13.5 Å². The molecule has 102 valence electrons. The van der Waals surface area contributed by atoms with Gasteiger partial charge in [-0.1, -0.05) is 27.5 Å². The zero-order valence-corrected chi connectivity index (χ0v) is 12.9. The summed E-state index contributed by atoms with van der Waals surface area (Å²) in [7, 11) is 0. The van der Waals surface area contributed by atoms with Crippen LogP contribution in [0.4, 0.5) is 0 Å². The molecule has 0 saturated heterocycles. The molecular formula is C12H10BrClN6. The molecule has 2 aromatic heterocycles. The second kappa shape index (κ2) is 5.34. The fourth-order valence-corrected chi connectivity index (χ4v) is 2.27. The largest absolute Gasteiger partial charge is 0.221 e. The summed E-state index contributed by atoms with van der Waals surface area (Å²) in [6, 6.07) is 7.70. The van der Waals surface area contributed by atoms with Crippen LogP contribution < -0.4 is 0 Å². The van der Waals surface area contributed by atoms with E-state index in [1.165, 1.54) is 4.80 Å². The number of hydrogen-bond acceptors (Lipinski definition) is 4. The van der Waals surface area contributed by atoms with E-state index in [0.717, 1.165) is 10.2 Å². The summed E-state index contributed by atoms with van der Waals surface area (Å²) >= 11 is 9.75. The van der Waals surface area contributed by atoms with Gasteiger partial charge in [0.15, 0.2) is 0 Å². The van der Waals surface area contributed by atoms with Crippen molar-refractivity contribution in [3.63, 3.8) is 0 Å². The van der Waals surface area contributed by atoms with Crippen LogP contribution in [0.3, 0.4) is 0 Å². The molecule has 2 heterocycles. The van der Waals surface area contributed by atoms with Gasteiger partial charge in [-0.3, -0.25) is 0 Å². The molecule has 0 aliphatic carbocycles. The highest BCUT2D eigenvalue weighted by atomic mass is 79.9. The van der Waals surface area contributed by atoms with Crippen LogP contribution in [0.2, 0.25) is 5.15 Å². The summed E-state index contributed by atoms with van der Waals surface area (Å²) < 4.78 is 2.63.